The Hall–Kier alpha value is -3.84. The number of likely N-dealkylation sites (tertiary alicyclic amines) is 2. The van der Waals surface area contributed by atoms with E-state index >= 15 is 0 Å². The molecule has 14 heteroatoms. The molecule has 0 N–H and O–H groups in total. The van der Waals surface area contributed by atoms with Gasteiger partial charge in [0.25, 0.3) is 0 Å². The number of likely N-dealkylation sites (N-methyl/N-ethyl adjacent to an activating group) is 1. The smallest absolute Gasteiger partial charge is 0.343 e. The first-order valence-electron chi connectivity index (χ1n) is 14.0. The van der Waals surface area contributed by atoms with Gasteiger partial charge in [0.05, 0.1) is 17.2 Å². The fraction of sp³-hybridized carbons (Fsp3) is 0.500. The third-order valence-electron chi connectivity index (χ3n) is 8.57. The number of carbonyl (C=O) groups excluding carboxylic acids is 3. The summed E-state index contributed by atoms with van der Waals surface area (Å²) in [5.41, 5.74) is -2.51. The van der Waals surface area contributed by atoms with Crippen LogP contribution in [0.3, 0.4) is 0 Å². The Kier molecular flexibility index (Phi) is 9.22. The monoisotopic (exact) mass is 630 g/mol. The maximum Gasteiger partial charge on any atom is 0.416 e. The minimum absolute atomic E-state index is 0.0137. The Morgan fingerprint density at radius 3 is 1.91 bits per heavy atom. The van der Waals surface area contributed by atoms with E-state index in [2.05, 4.69) is 0 Å². The molecule has 2 saturated heterocycles. The molecular formula is C30H33F7N4O3. The predicted octanol–water partition coefficient (Wildman–Crippen LogP) is 5.91. The van der Waals surface area contributed by atoms with Gasteiger partial charge >= 0.3 is 18.4 Å². The molecule has 7 nitrogen and oxygen atoms in total. The third-order valence-corrected chi connectivity index (χ3v) is 8.57. The molecule has 240 valence electrons. The Morgan fingerprint density at radius 1 is 0.841 bits per heavy atom. The van der Waals surface area contributed by atoms with Crippen LogP contribution in [0.25, 0.3) is 0 Å². The van der Waals surface area contributed by atoms with Crippen molar-refractivity contribution in [3.05, 3.63) is 64.5 Å². The van der Waals surface area contributed by atoms with Crippen LogP contribution >= 0.6 is 0 Å². The summed E-state index contributed by atoms with van der Waals surface area (Å²) in [6.07, 6.45) is -9.28. The van der Waals surface area contributed by atoms with Crippen LogP contribution in [0.2, 0.25) is 0 Å². The van der Waals surface area contributed by atoms with Gasteiger partial charge in [-0.15, -0.1) is 0 Å². The SMILES string of the molecule is CC(=O)N1CCC(C(=O)N2CC(c3ccc(F)cc3C)C(N(C)C(=O)N(C)c3cc(C(F)(F)F)cc(C(F)(F)F)c3)C2)CC1. The van der Waals surface area contributed by atoms with Crippen LogP contribution in [0.5, 0.6) is 0 Å². The number of halogens is 7. The van der Waals surface area contributed by atoms with Crippen LogP contribution in [0.1, 0.15) is 47.9 Å². The number of anilines is 1. The highest BCUT2D eigenvalue weighted by Gasteiger charge is 2.44. The molecule has 0 aromatic heterocycles. The molecule has 2 fully saturated rings. The summed E-state index contributed by atoms with van der Waals surface area (Å²) in [7, 11) is 2.44. The molecule has 0 spiro atoms. The second-order valence-corrected chi connectivity index (χ2v) is 11.4. The number of amides is 4. The molecular weight excluding hydrogens is 597 g/mol. The van der Waals surface area contributed by atoms with Crippen molar-refractivity contribution in [3.63, 3.8) is 0 Å². The van der Waals surface area contributed by atoms with E-state index in [1.54, 1.807) is 22.8 Å². The maximum atomic E-state index is 14.0. The van der Waals surface area contributed by atoms with E-state index < -0.39 is 53.0 Å². The molecule has 0 radical (unpaired) electrons. The number of carbonyl (C=O) groups is 3. The first kappa shape index (κ1) is 33.1. The highest BCUT2D eigenvalue weighted by atomic mass is 19.4. The zero-order chi connectivity index (χ0) is 32.7. The van der Waals surface area contributed by atoms with Gasteiger partial charge in [-0.1, -0.05) is 6.07 Å². The highest BCUT2D eigenvalue weighted by molar-refractivity contribution is 5.92. The Morgan fingerprint density at radius 2 is 1.41 bits per heavy atom. The van der Waals surface area contributed by atoms with Gasteiger partial charge in [0, 0.05) is 64.7 Å². The summed E-state index contributed by atoms with van der Waals surface area (Å²) >= 11 is 0. The van der Waals surface area contributed by atoms with Gasteiger partial charge < -0.3 is 14.7 Å². The lowest BCUT2D eigenvalue weighted by molar-refractivity contribution is -0.143. The van der Waals surface area contributed by atoms with Crippen LogP contribution < -0.4 is 4.90 Å². The number of hydrogen-bond acceptors (Lipinski definition) is 3. The average molecular weight is 631 g/mol. The molecule has 2 aliphatic heterocycles. The second kappa shape index (κ2) is 12.3. The first-order chi connectivity index (χ1) is 20.4. The van der Waals surface area contributed by atoms with Crippen LogP contribution in [0, 0.1) is 18.7 Å². The lowest BCUT2D eigenvalue weighted by Gasteiger charge is -2.34. The van der Waals surface area contributed by atoms with E-state index in [1.165, 1.54) is 31.0 Å². The van der Waals surface area contributed by atoms with Gasteiger partial charge in [-0.05, 0) is 61.2 Å². The topological polar surface area (TPSA) is 64.2 Å². The molecule has 2 aliphatic rings. The van der Waals surface area contributed by atoms with Crippen molar-refractivity contribution in [3.8, 4) is 0 Å². The molecule has 0 saturated carbocycles. The predicted molar refractivity (Wildman–Crippen MR) is 147 cm³/mol. The minimum Gasteiger partial charge on any atom is -0.343 e. The van der Waals surface area contributed by atoms with Crippen molar-refractivity contribution >= 4 is 23.5 Å². The molecule has 0 bridgehead atoms. The number of piperidine rings is 1. The number of benzene rings is 2. The van der Waals surface area contributed by atoms with E-state index in [0.717, 1.165) is 7.05 Å². The van der Waals surface area contributed by atoms with Gasteiger partial charge in [-0.2, -0.15) is 26.3 Å². The Bertz CT molecular complexity index is 1390. The van der Waals surface area contributed by atoms with Crippen LogP contribution in [0.4, 0.5) is 41.2 Å². The van der Waals surface area contributed by atoms with Crippen molar-refractivity contribution < 1.29 is 45.1 Å². The molecule has 0 aliphatic carbocycles. The average Bonchev–Trinajstić information content (AvgIpc) is 3.39. The summed E-state index contributed by atoms with van der Waals surface area (Å²) < 4.78 is 94.8. The van der Waals surface area contributed by atoms with E-state index in [4.69, 9.17) is 0 Å². The first-order valence-corrected chi connectivity index (χ1v) is 14.0. The van der Waals surface area contributed by atoms with Gasteiger partial charge in [0.15, 0.2) is 0 Å². The maximum absolute atomic E-state index is 14.0. The number of alkyl halides is 6. The number of nitrogens with zero attached hydrogens (tertiary/aromatic N) is 4. The van der Waals surface area contributed by atoms with Gasteiger partial charge in [-0.3, -0.25) is 14.5 Å². The third kappa shape index (κ3) is 6.94. The van der Waals surface area contributed by atoms with Crippen LogP contribution in [0.15, 0.2) is 36.4 Å². The van der Waals surface area contributed by atoms with Crippen molar-refractivity contribution in [2.45, 2.75) is 51.0 Å². The van der Waals surface area contributed by atoms with E-state index in [0.29, 0.717) is 54.1 Å². The highest BCUT2D eigenvalue weighted by Crippen LogP contribution is 2.39. The Balaban J connectivity index is 1.64. The summed E-state index contributed by atoms with van der Waals surface area (Å²) in [5.74, 6) is -1.64. The Labute approximate surface area is 250 Å². The van der Waals surface area contributed by atoms with Crippen molar-refractivity contribution in [1.82, 2.24) is 14.7 Å². The summed E-state index contributed by atoms with van der Waals surface area (Å²) in [6.45, 7) is 4.17. The lowest BCUT2D eigenvalue weighted by atomic mass is 9.90. The fourth-order valence-corrected chi connectivity index (χ4v) is 6.04. The van der Waals surface area contributed by atoms with Crippen molar-refractivity contribution in [2.24, 2.45) is 5.92 Å². The zero-order valence-electron chi connectivity index (χ0n) is 24.6. The molecule has 44 heavy (non-hydrogen) atoms. The molecule has 2 atom stereocenters. The largest absolute Gasteiger partial charge is 0.416 e. The van der Waals surface area contributed by atoms with E-state index in [9.17, 15) is 45.1 Å². The minimum atomic E-state index is -5.09. The van der Waals surface area contributed by atoms with Gasteiger partial charge in [0.2, 0.25) is 11.8 Å². The normalized spacial score (nSPS) is 19.7. The number of aryl methyl sites for hydroxylation is 1. The number of urea groups is 1. The zero-order valence-corrected chi connectivity index (χ0v) is 24.6. The van der Waals surface area contributed by atoms with Crippen molar-refractivity contribution in [1.29, 1.82) is 0 Å². The van der Waals surface area contributed by atoms with Crippen molar-refractivity contribution in [2.75, 3.05) is 45.2 Å². The lowest BCUT2D eigenvalue weighted by Crippen LogP contribution is -2.48. The summed E-state index contributed by atoms with van der Waals surface area (Å²) in [6, 6.07) is 3.41. The van der Waals surface area contributed by atoms with E-state index in [1.807, 2.05) is 0 Å². The van der Waals surface area contributed by atoms with Gasteiger partial charge in [0.1, 0.15) is 5.82 Å². The number of rotatable bonds is 4. The van der Waals surface area contributed by atoms with Crippen LogP contribution in [-0.4, -0.2) is 78.9 Å². The molecule has 4 amide bonds. The summed E-state index contributed by atoms with van der Waals surface area (Å²) in [4.78, 5) is 44.1. The molecule has 2 unspecified atom stereocenters. The standard InChI is InChI=1S/C30H33F7N4O3/c1-17-11-22(31)5-6-24(17)25-15-41(27(43)19-7-9-40(10-8-19)18(2)42)16-26(25)39(4)28(44)38(3)23-13-20(29(32,33)34)12-21(14-23)30(35,36)37/h5-6,11-14,19,25-26H,7-10,15-16H2,1-4H3. The van der Waals surface area contributed by atoms with E-state index in [-0.39, 0.29) is 36.9 Å². The molecule has 4 rings (SSSR count). The molecule has 2 heterocycles. The van der Waals surface area contributed by atoms with Crippen LogP contribution in [-0.2, 0) is 21.9 Å². The quantitative estimate of drug-likeness (QED) is 0.395. The number of hydrogen-bond donors (Lipinski definition) is 0. The molecule has 2 aromatic rings. The fourth-order valence-electron chi connectivity index (χ4n) is 6.04. The summed E-state index contributed by atoms with van der Waals surface area (Å²) in [5, 5.41) is 0. The molecule has 2 aromatic carbocycles. The second-order valence-electron chi connectivity index (χ2n) is 11.4. The van der Waals surface area contributed by atoms with Gasteiger partial charge in [-0.25, -0.2) is 9.18 Å².